The van der Waals surface area contributed by atoms with Crippen LogP contribution in [0.3, 0.4) is 0 Å². The van der Waals surface area contributed by atoms with E-state index >= 15 is 0 Å². The summed E-state index contributed by atoms with van der Waals surface area (Å²) in [7, 11) is 3.41. The number of hydrogen-bond donors (Lipinski definition) is 3. The van der Waals surface area contributed by atoms with Crippen LogP contribution in [-0.4, -0.2) is 39.0 Å². The summed E-state index contributed by atoms with van der Waals surface area (Å²) in [6, 6.07) is 5.40. The number of halogens is 2. The third-order valence-electron chi connectivity index (χ3n) is 2.68. The molecule has 0 aliphatic heterocycles. The molecule has 20 heavy (non-hydrogen) atoms. The zero-order valence-corrected chi connectivity index (χ0v) is 12.9. The molecule has 1 rings (SSSR count). The van der Waals surface area contributed by atoms with Gasteiger partial charge in [-0.25, -0.2) is 0 Å². The molecule has 0 fully saturated rings. The highest BCUT2D eigenvalue weighted by atomic mass is 35.5. The second-order valence-corrected chi connectivity index (χ2v) is 5.32. The van der Waals surface area contributed by atoms with Crippen molar-refractivity contribution in [2.75, 3.05) is 27.2 Å². The van der Waals surface area contributed by atoms with E-state index in [-0.39, 0.29) is 24.9 Å². The predicted molar refractivity (Wildman–Crippen MR) is 79.0 cm³/mol. The second kappa shape index (κ2) is 8.09. The Hall–Kier alpha value is -1.30. The summed E-state index contributed by atoms with van der Waals surface area (Å²) in [5, 5.41) is 6.00. The highest BCUT2D eigenvalue weighted by molar-refractivity contribution is 6.42. The van der Waals surface area contributed by atoms with E-state index < -0.39 is 0 Å². The highest BCUT2D eigenvalue weighted by Gasteiger charge is 2.12. The Labute approximate surface area is 128 Å². The molecule has 0 aromatic heterocycles. The molecule has 0 spiro atoms. The maximum absolute atomic E-state index is 11.6. The molecule has 7 heteroatoms. The summed E-state index contributed by atoms with van der Waals surface area (Å²) in [5.41, 5.74) is 0.996. The van der Waals surface area contributed by atoms with Gasteiger partial charge < -0.3 is 15.5 Å². The second-order valence-electron chi connectivity index (χ2n) is 4.51. The first-order valence-corrected chi connectivity index (χ1v) is 6.90. The van der Waals surface area contributed by atoms with Gasteiger partial charge in [-0.1, -0.05) is 29.3 Å². The van der Waals surface area contributed by atoms with Crippen molar-refractivity contribution in [3.05, 3.63) is 33.8 Å². The Morgan fingerprint density at radius 2 is 1.90 bits per heavy atom. The van der Waals surface area contributed by atoms with E-state index in [9.17, 15) is 9.59 Å². The first-order chi connectivity index (χ1) is 9.42. The van der Waals surface area contributed by atoms with Gasteiger partial charge in [-0.3, -0.25) is 9.59 Å². The van der Waals surface area contributed by atoms with E-state index in [1.807, 2.05) is 13.1 Å². The van der Waals surface area contributed by atoms with Crippen molar-refractivity contribution in [1.29, 1.82) is 0 Å². The molecule has 0 radical (unpaired) electrons. The number of quaternary nitrogens is 1. The number of likely N-dealkylation sites (N-methyl/N-ethyl adjacent to an activating group) is 2. The van der Waals surface area contributed by atoms with Gasteiger partial charge in [-0.2, -0.15) is 0 Å². The lowest BCUT2D eigenvalue weighted by molar-refractivity contribution is -0.885. The molecule has 1 atom stereocenters. The number of carbonyl (C=O) groups excluding carboxylic acids is 2. The first kappa shape index (κ1) is 16.8. The number of hydrogen-bond acceptors (Lipinski definition) is 2. The van der Waals surface area contributed by atoms with Gasteiger partial charge in [0.1, 0.15) is 6.54 Å². The summed E-state index contributed by atoms with van der Waals surface area (Å²) < 4.78 is 0. The Morgan fingerprint density at radius 1 is 1.20 bits per heavy atom. The van der Waals surface area contributed by atoms with Crippen LogP contribution in [-0.2, 0) is 16.1 Å². The van der Waals surface area contributed by atoms with E-state index in [2.05, 4.69) is 10.6 Å². The Bertz CT molecular complexity index is 495. The Kier molecular flexibility index (Phi) is 6.78. The molecule has 1 aromatic carbocycles. The van der Waals surface area contributed by atoms with Crippen LogP contribution in [0.15, 0.2) is 18.2 Å². The van der Waals surface area contributed by atoms with E-state index in [4.69, 9.17) is 23.2 Å². The summed E-state index contributed by atoms with van der Waals surface area (Å²) >= 11 is 11.8. The predicted octanol–water partition coefficient (Wildman–Crippen LogP) is -0.130. The number of carbonyl (C=O) groups is 2. The summed E-state index contributed by atoms with van der Waals surface area (Å²) in [6.45, 7) is 0.914. The minimum atomic E-state index is -0.222. The lowest BCUT2D eigenvalue weighted by atomic mass is 10.2. The lowest BCUT2D eigenvalue weighted by Crippen LogP contribution is -3.08. The smallest absolute Gasteiger partial charge is 0.275 e. The van der Waals surface area contributed by atoms with E-state index in [0.717, 1.165) is 10.5 Å². The largest absolute Gasteiger partial charge is 0.358 e. The van der Waals surface area contributed by atoms with Crippen LogP contribution in [0.25, 0.3) is 0 Å². The number of nitrogens with one attached hydrogen (secondary N) is 3. The maximum atomic E-state index is 11.6. The molecule has 3 N–H and O–H groups in total. The molecule has 1 aromatic rings. The van der Waals surface area contributed by atoms with E-state index in [1.165, 1.54) is 7.05 Å². The highest BCUT2D eigenvalue weighted by Crippen LogP contribution is 2.22. The van der Waals surface area contributed by atoms with Crippen molar-refractivity contribution in [3.8, 4) is 0 Å². The molecule has 0 bridgehead atoms. The normalized spacial score (nSPS) is 11.8. The fourth-order valence-corrected chi connectivity index (χ4v) is 1.99. The van der Waals surface area contributed by atoms with Crippen molar-refractivity contribution in [3.63, 3.8) is 0 Å². The number of rotatable bonds is 6. The molecule has 5 nitrogen and oxygen atoms in total. The fourth-order valence-electron chi connectivity index (χ4n) is 1.66. The van der Waals surface area contributed by atoms with E-state index in [1.54, 1.807) is 12.1 Å². The topological polar surface area (TPSA) is 62.6 Å². The number of benzene rings is 1. The molecule has 0 aliphatic rings. The monoisotopic (exact) mass is 318 g/mol. The van der Waals surface area contributed by atoms with Crippen LogP contribution in [0, 0.1) is 0 Å². The molecule has 0 saturated carbocycles. The third kappa shape index (κ3) is 5.77. The summed E-state index contributed by atoms with van der Waals surface area (Å²) in [5.74, 6) is -0.397. The first-order valence-electron chi connectivity index (χ1n) is 6.15. The Morgan fingerprint density at radius 3 is 2.50 bits per heavy atom. The third-order valence-corrected chi connectivity index (χ3v) is 3.42. The zero-order chi connectivity index (χ0) is 15.1. The van der Waals surface area contributed by atoms with Crippen molar-refractivity contribution >= 4 is 35.0 Å². The fraction of sp³-hybridized carbons (Fsp3) is 0.385. The minimum absolute atomic E-state index is 0.00458. The lowest BCUT2D eigenvalue weighted by Gasteiger charge is -2.14. The molecular weight excluding hydrogens is 301 g/mol. The van der Waals surface area contributed by atoms with Gasteiger partial charge in [0.15, 0.2) is 6.54 Å². The van der Waals surface area contributed by atoms with Gasteiger partial charge in [0.25, 0.3) is 5.91 Å². The van der Waals surface area contributed by atoms with Gasteiger partial charge in [0, 0.05) is 12.6 Å². The SMILES string of the molecule is CNC(=O)CNC(=O)C[NH+](C)Cc1ccc(Cl)c(Cl)c1. The van der Waals surface area contributed by atoms with Gasteiger partial charge in [-0.15, -0.1) is 0 Å². The van der Waals surface area contributed by atoms with Crippen LogP contribution in [0.1, 0.15) is 5.56 Å². The van der Waals surface area contributed by atoms with Crippen LogP contribution in [0.5, 0.6) is 0 Å². The molecular formula is C13H18Cl2N3O2+. The van der Waals surface area contributed by atoms with Gasteiger partial charge >= 0.3 is 0 Å². The van der Waals surface area contributed by atoms with Crippen LogP contribution < -0.4 is 15.5 Å². The minimum Gasteiger partial charge on any atom is -0.358 e. The van der Waals surface area contributed by atoms with Crippen LogP contribution >= 0.6 is 23.2 Å². The van der Waals surface area contributed by atoms with Crippen molar-refractivity contribution in [2.45, 2.75) is 6.54 Å². The molecule has 2 amide bonds. The van der Waals surface area contributed by atoms with Crippen molar-refractivity contribution in [2.24, 2.45) is 0 Å². The van der Waals surface area contributed by atoms with Crippen molar-refractivity contribution in [1.82, 2.24) is 10.6 Å². The summed E-state index contributed by atoms with van der Waals surface area (Å²) in [4.78, 5) is 23.6. The molecule has 0 saturated heterocycles. The maximum Gasteiger partial charge on any atom is 0.275 e. The van der Waals surface area contributed by atoms with Gasteiger partial charge in [-0.05, 0) is 12.1 Å². The van der Waals surface area contributed by atoms with Crippen LogP contribution in [0.2, 0.25) is 10.0 Å². The van der Waals surface area contributed by atoms with E-state index in [0.29, 0.717) is 16.6 Å². The standard InChI is InChI=1S/C13H17Cl2N3O2/c1-16-12(19)6-17-13(20)8-18(2)7-9-3-4-10(14)11(15)5-9/h3-5H,6-8H2,1-2H3,(H,16,19)(H,17,20)/p+1. The molecule has 110 valence electrons. The quantitative estimate of drug-likeness (QED) is 0.684. The van der Waals surface area contributed by atoms with Gasteiger partial charge in [0.05, 0.1) is 23.6 Å². The average Bonchev–Trinajstić information content (AvgIpc) is 2.40. The number of amides is 2. The molecule has 1 unspecified atom stereocenters. The zero-order valence-electron chi connectivity index (χ0n) is 11.4. The van der Waals surface area contributed by atoms with Gasteiger partial charge in [0.2, 0.25) is 5.91 Å². The van der Waals surface area contributed by atoms with Crippen LogP contribution in [0.4, 0.5) is 0 Å². The summed E-state index contributed by atoms with van der Waals surface area (Å²) in [6.07, 6.45) is 0. The Balaban J connectivity index is 2.42. The average molecular weight is 319 g/mol. The molecule has 0 aliphatic carbocycles. The molecule has 0 heterocycles. The van der Waals surface area contributed by atoms with Crippen molar-refractivity contribution < 1.29 is 14.5 Å².